The topological polar surface area (TPSA) is 93.1 Å². The van der Waals surface area contributed by atoms with E-state index in [0.717, 1.165) is 11.4 Å². The number of aromatic nitrogens is 2. The van der Waals surface area contributed by atoms with Gasteiger partial charge in [0.1, 0.15) is 0 Å². The van der Waals surface area contributed by atoms with Crippen LogP contribution < -0.4 is 10.0 Å². The van der Waals surface area contributed by atoms with Crippen molar-refractivity contribution in [3.63, 3.8) is 0 Å². The second-order valence-corrected chi connectivity index (χ2v) is 8.07. The summed E-state index contributed by atoms with van der Waals surface area (Å²) in [5, 5.41) is 7.33. The molecule has 0 aliphatic carbocycles. The summed E-state index contributed by atoms with van der Waals surface area (Å²) in [6, 6.07) is 15.3. The van der Waals surface area contributed by atoms with Crippen molar-refractivity contribution in [2.24, 2.45) is 0 Å². The quantitative estimate of drug-likeness (QED) is 0.613. The third-order valence-electron chi connectivity index (χ3n) is 4.30. The minimum Gasteiger partial charge on any atom is -0.319 e. The lowest BCUT2D eigenvalue weighted by atomic mass is 10.2. The molecule has 0 radical (unpaired) electrons. The first-order valence-corrected chi connectivity index (χ1v) is 10.3. The predicted octanol–water partition coefficient (Wildman–Crippen LogP) is 2.65. The van der Waals surface area contributed by atoms with Crippen molar-refractivity contribution in [1.29, 1.82) is 0 Å². The summed E-state index contributed by atoms with van der Waals surface area (Å²) >= 11 is 0. The molecule has 0 spiro atoms. The lowest BCUT2D eigenvalue weighted by Gasteiger charge is -2.09. The Kier molecular flexibility index (Phi) is 5.82. The molecule has 1 amide bonds. The van der Waals surface area contributed by atoms with E-state index < -0.39 is 15.9 Å². The van der Waals surface area contributed by atoms with Crippen molar-refractivity contribution >= 4 is 21.6 Å². The Bertz CT molecular complexity index is 1190. The molecule has 0 saturated carbocycles. The highest BCUT2D eigenvalue weighted by atomic mass is 32.2. The van der Waals surface area contributed by atoms with Gasteiger partial charge in [-0.2, -0.15) is 9.82 Å². The van der Waals surface area contributed by atoms with Gasteiger partial charge in [0.15, 0.2) is 0 Å². The Morgan fingerprint density at radius 1 is 1.14 bits per heavy atom. The fraction of sp³-hybridized carbons (Fsp3) is 0.143. The van der Waals surface area contributed by atoms with Crippen LogP contribution in [0.2, 0.25) is 0 Å². The number of aryl methyl sites for hydroxylation is 1. The van der Waals surface area contributed by atoms with E-state index in [1.165, 1.54) is 18.2 Å². The molecule has 0 saturated heterocycles. The van der Waals surface area contributed by atoms with Crippen LogP contribution in [0.1, 0.15) is 21.7 Å². The highest BCUT2D eigenvalue weighted by Crippen LogP contribution is 2.23. The average molecular weight is 408 g/mol. The first kappa shape index (κ1) is 20.3. The second-order valence-electron chi connectivity index (χ2n) is 6.30. The van der Waals surface area contributed by atoms with Crippen LogP contribution in [0.5, 0.6) is 0 Å². The number of carbonyl (C=O) groups excluding carboxylic acids is 1. The Balaban J connectivity index is 1.88. The van der Waals surface area contributed by atoms with Gasteiger partial charge in [-0.1, -0.05) is 30.2 Å². The zero-order valence-corrected chi connectivity index (χ0v) is 16.8. The van der Waals surface area contributed by atoms with E-state index in [0.29, 0.717) is 11.4 Å². The molecule has 0 aliphatic heterocycles. The lowest BCUT2D eigenvalue weighted by Crippen LogP contribution is -2.24. The van der Waals surface area contributed by atoms with Crippen LogP contribution in [0.4, 0.5) is 5.69 Å². The number of nitrogens with one attached hydrogen (secondary N) is 2. The van der Waals surface area contributed by atoms with E-state index in [1.807, 2.05) is 37.3 Å². The molecule has 8 heteroatoms. The van der Waals surface area contributed by atoms with E-state index in [9.17, 15) is 13.2 Å². The molecule has 0 aliphatic rings. The van der Waals surface area contributed by atoms with E-state index in [4.69, 9.17) is 6.42 Å². The normalized spacial score (nSPS) is 11.1. The van der Waals surface area contributed by atoms with Gasteiger partial charge in [0, 0.05) is 5.56 Å². The Morgan fingerprint density at radius 3 is 2.55 bits per heavy atom. The summed E-state index contributed by atoms with van der Waals surface area (Å²) in [4.78, 5) is 12.7. The number of nitrogens with zero attached hydrogens (tertiary/aromatic N) is 2. The van der Waals surface area contributed by atoms with Crippen molar-refractivity contribution in [1.82, 2.24) is 14.5 Å². The minimum absolute atomic E-state index is 0.0335. The molecule has 0 unspecified atom stereocenters. The zero-order chi connectivity index (χ0) is 21.0. The van der Waals surface area contributed by atoms with Crippen molar-refractivity contribution < 1.29 is 13.2 Å². The number of para-hydroxylation sites is 1. The van der Waals surface area contributed by atoms with Gasteiger partial charge in [0.25, 0.3) is 5.91 Å². The molecule has 148 valence electrons. The summed E-state index contributed by atoms with van der Waals surface area (Å²) in [6.45, 7) is 3.52. The molecule has 3 aromatic rings. The average Bonchev–Trinajstić information content (AvgIpc) is 3.01. The lowest BCUT2D eigenvalue weighted by molar-refractivity contribution is 0.102. The van der Waals surface area contributed by atoms with Crippen molar-refractivity contribution in [3.8, 4) is 18.0 Å². The van der Waals surface area contributed by atoms with Gasteiger partial charge in [0.05, 0.1) is 34.2 Å². The van der Waals surface area contributed by atoms with Gasteiger partial charge in [0.2, 0.25) is 10.0 Å². The molecule has 1 heterocycles. The minimum atomic E-state index is -3.79. The largest absolute Gasteiger partial charge is 0.319 e. The Labute approximate surface area is 169 Å². The Hall–Kier alpha value is -3.41. The summed E-state index contributed by atoms with van der Waals surface area (Å²) in [7, 11) is -3.79. The maximum Gasteiger partial charge on any atom is 0.255 e. The monoisotopic (exact) mass is 408 g/mol. The van der Waals surface area contributed by atoms with Gasteiger partial charge in [-0.15, -0.1) is 6.42 Å². The first-order valence-electron chi connectivity index (χ1n) is 8.79. The number of carbonyl (C=O) groups is 1. The predicted molar refractivity (Wildman–Crippen MR) is 111 cm³/mol. The third kappa shape index (κ3) is 4.37. The first-order chi connectivity index (χ1) is 13.8. The molecule has 0 bridgehead atoms. The van der Waals surface area contributed by atoms with Crippen LogP contribution in [0.15, 0.2) is 59.5 Å². The van der Waals surface area contributed by atoms with Crippen LogP contribution in [0.25, 0.3) is 5.69 Å². The molecule has 0 fully saturated rings. The van der Waals surface area contributed by atoms with E-state index in [2.05, 4.69) is 21.1 Å². The molecular weight excluding hydrogens is 388 g/mol. The number of terminal acetylenes is 1. The standard InChI is InChI=1S/C21H20N4O3S/c1-4-13-22-29(27,28)19-12-8-9-17(14-19)21(26)23-20-15(2)24-25(16(20)3)18-10-6-5-7-11-18/h1,5-12,14,22H,13H2,2-3H3,(H,23,26). The summed E-state index contributed by atoms with van der Waals surface area (Å²) in [5.41, 5.74) is 3.08. The van der Waals surface area contributed by atoms with Gasteiger partial charge in [-0.25, -0.2) is 13.1 Å². The highest BCUT2D eigenvalue weighted by molar-refractivity contribution is 7.89. The fourth-order valence-corrected chi connectivity index (χ4v) is 3.83. The van der Waals surface area contributed by atoms with Crippen molar-refractivity contribution in [2.45, 2.75) is 18.7 Å². The maximum absolute atomic E-state index is 12.8. The number of sulfonamides is 1. The molecule has 1 aromatic heterocycles. The Morgan fingerprint density at radius 2 is 1.86 bits per heavy atom. The van der Waals surface area contributed by atoms with Crippen LogP contribution in [-0.4, -0.2) is 30.7 Å². The maximum atomic E-state index is 12.8. The summed E-state index contributed by atoms with van der Waals surface area (Å²) in [5.74, 6) is 1.78. The van der Waals surface area contributed by atoms with E-state index in [1.54, 1.807) is 17.7 Å². The zero-order valence-electron chi connectivity index (χ0n) is 16.0. The highest BCUT2D eigenvalue weighted by Gasteiger charge is 2.18. The van der Waals surface area contributed by atoms with Gasteiger partial charge in [-0.05, 0) is 44.2 Å². The molecule has 7 nitrogen and oxygen atoms in total. The molecule has 3 rings (SSSR count). The van der Waals surface area contributed by atoms with Gasteiger partial charge in [-0.3, -0.25) is 4.79 Å². The molecule has 2 aromatic carbocycles. The molecule has 29 heavy (non-hydrogen) atoms. The number of hydrogen-bond acceptors (Lipinski definition) is 4. The molecule has 0 atom stereocenters. The summed E-state index contributed by atoms with van der Waals surface area (Å²) in [6.07, 6.45) is 5.10. The number of amides is 1. The third-order valence-corrected chi connectivity index (χ3v) is 5.70. The van der Waals surface area contributed by atoms with Crippen LogP contribution in [0.3, 0.4) is 0 Å². The van der Waals surface area contributed by atoms with Crippen molar-refractivity contribution in [3.05, 3.63) is 71.5 Å². The van der Waals surface area contributed by atoms with Crippen LogP contribution >= 0.6 is 0 Å². The number of benzene rings is 2. The van der Waals surface area contributed by atoms with E-state index >= 15 is 0 Å². The van der Waals surface area contributed by atoms with E-state index in [-0.39, 0.29) is 17.0 Å². The molecular formula is C21H20N4O3S. The number of hydrogen-bond donors (Lipinski definition) is 2. The van der Waals surface area contributed by atoms with Crippen molar-refractivity contribution in [2.75, 3.05) is 11.9 Å². The van der Waals surface area contributed by atoms with Gasteiger partial charge >= 0.3 is 0 Å². The summed E-state index contributed by atoms with van der Waals surface area (Å²) < 4.78 is 28.5. The van der Waals surface area contributed by atoms with Crippen LogP contribution in [-0.2, 0) is 10.0 Å². The molecule has 2 N–H and O–H groups in total. The van der Waals surface area contributed by atoms with Gasteiger partial charge < -0.3 is 5.32 Å². The second kappa shape index (κ2) is 8.31. The van der Waals surface area contributed by atoms with Crippen LogP contribution in [0, 0.1) is 26.2 Å². The SMILES string of the molecule is C#CCNS(=O)(=O)c1cccc(C(=O)Nc2c(C)nn(-c3ccccc3)c2C)c1. The smallest absolute Gasteiger partial charge is 0.255 e. The fourth-order valence-electron chi connectivity index (χ4n) is 2.85. The number of rotatable bonds is 6. The number of anilines is 1.